The first kappa shape index (κ1) is 16.9. The van der Waals surface area contributed by atoms with E-state index in [1.165, 1.54) is 19.1 Å². The second-order valence-electron chi connectivity index (χ2n) is 5.21. The molecular weight excluding hydrogens is 318 g/mol. The van der Waals surface area contributed by atoms with Crippen molar-refractivity contribution in [3.63, 3.8) is 0 Å². The lowest BCUT2D eigenvalue weighted by Gasteiger charge is -2.25. The molecule has 0 saturated carbocycles. The van der Waals surface area contributed by atoms with E-state index in [0.29, 0.717) is 0 Å². The van der Waals surface area contributed by atoms with Gasteiger partial charge in [0.25, 0.3) is 5.69 Å². The van der Waals surface area contributed by atoms with Crippen LogP contribution in [0.15, 0.2) is 42.5 Å². The minimum absolute atomic E-state index is 0.161. The molecule has 0 saturated heterocycles. The highest BCUT2D eigenvalue weighted by Crippen LogP contribution is 2.45. The number of benzene rings is 2. The number of aliphatic carboxylic acids is 1. The van der Waals surface area contributed by atoms with Crippen molar-refractivity contribution >= 4 is 23.0 Å². The van der Waals surface area contributed by atoms with Gasteiger partial charge in [0.2, 0.25) is 0 Å². The van der Waals surface area contributed by atoms with E-state index >= 15 is 0 Å². The molecule has 0 radical (unpaired) electrons. The Morgan fingerprint density at radius 3 is 2.12 bits per heavy atom. The predicted octanol–water partition coefficient (Wildman–Crippen LogP) is 2.48. The highest BCUT2D eigenvalue weighted by Gasteiger charge is 2.48. The number of nitrogens with zero attached hydrogens (tertiary/aromatic N) is 2. The van der Waals surface area contributed by atoms with Crippen LogP contribution in [0.1, 0.15) is 18.1 Å². The lowest BCUT2D eigenvalue weighted by molar-refractivity contribution is -0.395. The van der Waals surface area contributed by atoms with E-state index in [-0.39, 0.29) is 11.3 Å². The summed E-state index contributed by atoms with van der Waals surface area (Å²) in [7, 11) is 0. The van der Waals surface area contributed by atoms with Crippen molar-refractivity contribution in [1.29, 1.82) is 0 Å². The topological polar surface area (TPSA) is 150 Å². The smallest absolute Gasteiger partial charge is 0.318 e. The van der Waals surface area contributed by atoms with Crippen LogP contribution in [0.25, 0.3) is 0 Å². The van der Waals surface area contributed by atoms with Gasteiger partial charge in [0, 0.05) is 6.07 Å². The van der Waals surface area contributed by atoms with E-state index in [9.17, 15) is 30.1 Å². The van der Waals surface area contributed by atoms with Gasteiger partial charge in [0.05, 0.1) is 9.85 Å². The first-order valence-corrected chi connectivity index (χ1v) is 6.72. The van der Waals surface area contributed by atoms with Gasteiger partial charge in [-0.3, -0.25) is 25.0 Å². The Kier molecular flexibility index (Phi) is 4.19. The number of carboxylic acid groups (broad SMARTS) is 1. The van der Waals surface area contributed by atoms with Gasteiger partial charge in [-0.25, -0.2) is 0 Å². The summed E-state index contributed by atoms with van der Waals surface area (Å²) in [6.07, 6.45) is 0. The van der Waals surface area contributed by atoms with Crippen molar-refractivity contribution in [3.8, 4) is 0 Å². The largest absolute Gasteiger partial charge is 0.480 e. The van der Waals surface area contributed by atoms with Gasteiger partial charge in [-0.05, 0) is 18.6 Å². The zero-order valence-corrected chi connectivity index (χ0v) is 12.5. The maximum Gasteiger partial charge on any atom is 0.318 e. The summed E-state index contributed by atoms with van der Waals surface area (Å²) < 4.78 is 0. The fraction of sp³-hybridized carbons (Fsp3) is 0.133. The average Bonchev–Trinajstić information content (AvgIpc) is 2.53. The second kappa shape index (κ2) is 5.95. The molecule has 0 fully saturated rings. The van der Waals surface area contributed by atoms with Gasteiger partial charge in [0.1, 0.15) is 16.7 Å². The fourth-order valence-electron chi connectivity index (χ4n) is 2.58. The van der Waals surface area contributed by atoms with Crippen LogP contribution < -0.4 is 5.73 Å². The summed E-state index contributed by atoms with van der Waals surface area (Å²) in [6, 6.07) is 9.58. The van der Waals surface area contributed by atoms with E-state index in [4.69, 9.17) is 5.73 Å². The van der Waals surface area contributed by atoms with E-state index in [1.54, 1.807) is 18.2 Å². The van der Waals surface area contributed by atoms with Gasteiger partial charge in [0.15, 0.2) is 0 Å². The highest BCUT2D eigenvalue weighted by atomic mass is 16.6. The molecule has 0 aliphatic carbocycles. The highest BCUT2D eigenvalue weighted by molar-refractivity contribution is 5.91. The van der Waals surface area contributed by atoms with Crippen LogP contribution in [0.2, 0.25) is 0 Å². The molecule has 3 N–H and O–H groups in total. The van der Waals surface area contributed by atoms with Gasteiger partial charge in [-0.2, -0.15) is 0 Å². The maximum atomic E-state index is 12.0. The normalized spacial score (nSPS) is 13.0. The van der Waals surface area contributed by atoms with Crippen LogP contribution >= 0.6 is 0 Å². The zero-order chi connectivity index (χ0) is 18.1. The maximum absolute atomic E-state index is 12.0. The second-order valence-corrected chi connectivity index (χ2v) is 5.21. The van der Waals surface area contributed by atoms with E-state index in [2.05, 4.69) is 0 Å². The van der Waals surface area contributed by atoms with Crippen molar-refractivity contribution < 1.29 is 19.7 Å². The number of nitro groups is 2. The van der Waals surface area contributed by atoms with Gasteiger partial charge in [-0.1, -0.05) is 30.3 Å². The molecule has 124 valence electrons. The Labute approximate surface area is 135 Å². The molecular formula is C15H13N3O6. The number of anilines is 1. The number of nitrogens with two attached hydrogens (primary N) is 1. The number of carboxylic acids is 1. The standard InChI is InChI=1S/C15H13N3O6/c1-15(14(19)20,9-5-3-2-4-6-9)12-11(17(21)22)8-7-10(16)13(12)18(23)24/h2-8H,16H2,1H3,(H,19,20). The van der Waals surface area contributed by atoms with Crippen LogP contribution in [-0.4, -0.2) is 20.9 Å². The molecule has 0 amide bonds. The Morgan fingerprint density at radius 1 is 1.08 bits per heavy atom. The molecule has 0 bridgehead atoms. The van der Waals surface area contributed by atoms with Gasteiger partial charge < -0.3 is 10.8 Å². The SMILES string of the molecule is CC(C(=O)O)(c1ccccc1)c1c([N+](=O)[O-])ccc(N)c1[N+](=O)[O-]. The number of nitro benzene ring substituents is 2. The number of rotatable bonds is 5. The van der Waals surface area contributed by atoms with E-state index in [1.807, 2.05) is 0 Å². The molecule has 9 heteroatoms. The number of nitrogen functional groups attached to an aromatic ring is 1. The van der Waals surface area contributed by atoms with Crippen LogP contribution in [0.5, 0.6) is 0 Å². The average molecular weight is 331 g/mol. The third kappa shape index (κ3) is 2.51. The van der Waals surface area contributed by atoms with Crippen molar-refractivity contribution in [2.24, 2.45) is 0 Å². The molecule has 0 aromatic heterocycles. The predicted molar refractivity (Wildman–Crippen MR) is 84.7 cm³/mol. The molecule has 2 rings (SSSR count). The Morgan fingerprint density at radius 2 is 1.67 bits per heavy atom. The van der Waals surface area contributed by atoms with Crippen molar-refractivity contribution in [2.45, 2.75) is 12.3 Å². The summed E-state index contributed by atoms with van der Waals surface area (Å²) in [5.74, 6) is -1.47. The molecule has 1 unspecified atom stereocenters. The summed E-state index contributed by atoms with van der Waals surface area (Å²) in [5, 5.41) is 32.5. The lowest BCUT2D eigenvalue weighted by Crippen LogP contribution is -2.35. The van der Waals surface area contributed by atoms with Gasteiger partial charge >= 0.3 is 11.7 Å². The molecule has 0 aliphatic heterocycles. The molecule has 0 heterocycles. The summed E-state index contributed by atoms with van der Waals surface area (Å²) in [6.45, 7) is 1.18. The third-order valence-electron chi connectivity index (χ3n) is 3.85. The van der Waals surface area contributed by atoms with Crippen molar-refractivity contribution in [2.75, 3.05) is 5.73 Å². The lowest BCUT2D eigenvalue weighted by atomic mass is 9.74. The summed E-state index contributed by atoms with van der Waals surface area (Å²) in [5.41, 5.74) is 1.39. The van der Waals surface area contributed by atoms with Crippen LogP contribution in [-0.2, 0) is 10.2 Å². The zero-order valence-electron chi connectivity index (χ0n) is 12.5. The first-order valence-electron chi connectivity index (χ1n) is 6.72. The quantitative estimate of drug-likeness (QED) is 0.485. The molecule has 0 aliphatic rings. The minimum atomic E-state index is -2.03. The summed E-state index contributed by atoms with van der Waals surface area (Å²) in [4.78, 5) is 33.0. The number of hydrogen-bond donors (Lipinski definition) is 2. The van der Waals surface area contributed by atoms with Crippen LogP contribution in [0.4, 0.5) is 17.1 Å². The third-order valence-corrected chi connectivity index (χ3v) is 3.85. The van der Waals surface area contributed by atoms with Crippen molar-refractivity contribution in [3.05, 3.63) is 73.8 Å². The number of hydrogen-bond acceptors (Lipinski definition) is 6. The summed E-state index contributed by atoms with van der Waals surface area (Å²) >= 11 is 0. The molecule has 2 aromatic rings. The van der Waals surface area contributed by atoms with Crippen molar-refractivity contribution in [1.82, 2.24) is 0 Å². The molecule has 0 spiro atoms. The van der Waals surface area contributed by atoms with Crippen LogP contribution in [0, 0.1) is 20.2 Å². The number of carbonyl (C=O) groups is 1. The Bertz CT molecular complexity index is 837. The molecule has 24 heavy (non-hydrogen) atoms. The van der Waals surface area contributed by atoms with E-state index in [0.717, 1.165) is 12.1 Å². The molecule has 1 atom stereocenters. The Hall–Kier alpha value is -3.49. The Balaban J connectivity index is 3.00. The first-order chi connectivity index (χ1) is 11.2. The monoisotopic (exact) mass is 331 g/mol. The minimum Gasteiger partial charge on any atom is -0.480 e. The fourth-order valence-corrected chi connectivity index (χ4v) is 2.58. The van der Waals surface area contributed by atoms with E-state index < -0.39 is 38.2 Å². The van der Waals surface area contributed by atoms with Gasteiger partial charge in [-0.15, -0.1) is 0 Å². The molecule has 2 aromatic carbocycles. The molecule has 9 nitrogen and oxygen atoms in total. The van der Waals surface area contributed by atoms with Crippen LogP contribution in [0.3, 0.4) is 0 Å².